The van der Waals surface area contributed by atoms with Crippen LogP contribution in [0.1, 0.15) is 20.3 Å². The van der Waals surface area contributed by atoms with Gasteiger partial charge in [-0.1, -0.05) is 25.2 Å². The first-order valence-corrected chi connectivity index (χ1v) is 4.50. The van der Waals surface area contributed by atoms with E-state index in [-0.39, 0.29) is 0 Å². The van der Waals surface area contributed by atoms with Gasteiger partial charge < -0.3 is 5.32 Å². The van der Waals surface area contributed by atoms with Crippen LogP contribution in [0.2, 0.25) is 0 Å². The minimum Gasteiger partial charge on any atom is -0.388 e. The molecule has 1 heteroatoms. The molecule has 0 saturated carbocycles. The summed E-state index contributed by atoms with van der Waals surface area (Å²) in [5, 5.41) is 3.21. The molecule has 0 fully saturated rings. The highest BCUT2D eigenvalue weighted by molar-refractivity contribution is 5.36. The van der Waals surface area contributed by atoms with Crippen LogP contribution in [-0.4, -0.2) is 7.05 Å². The molecule has 1 rings (SSSR count). The first-order chi connectivity index (χ1) is 5.79. The lowest BCUT2D eigenvalue weighted by Gasteiger charge is -2.19. The number of rotatable bonds is 2. The molecular formula is C11H17N. The summed E-state index contributed by atoms with van der Waals surface area (Å²) >= 11 is 0. The average Bonchev–Trinajstić information content (AvgIpc) is 2.09. The molecule has 0 aliphatic heterocycles. The fourth-order valence-corrected chi connectivity index (χ4v) is 1.54. The van der Waals surface area contributed by atoms with Crippen LogP contribution in [0.3, 0.4) is 0 Å². The first kappa shape index (κ1) is 9.11. The molecule has 0 saturated heterocycles. The molecule has 0 spiro atoms. The van der Waals surface area contributed by atoms with E-state index in [4.69, 9.17) is 0 Å². The molecule has 12 heavy (non-hydrogen) atoms. The van der Waals surface area contributed by atoms with Crippen LogP contribution in [0, 0.1) is 5.92 Å². The van der Waals surface area contributed by atoms with Crippen molar-refractivity contribution < 1.29 is 0 Å². The van der Waals surface area contributed by atoms with Crippen LogP contribution in [-0.2, 0) is 0 Å². The molecule has 1 atom stereocenters. The smallest absolute Gasteiger partial charge is 0.0369 e. The summed E-state index contributed by atoms with van der Waals surface area (Å²) in [5.41, 5.74) is 2.68. The number of allylic oxidation sites excluding steroid dienone is 5. The molecule has 1 unspecified atom stereocenters. The topological polar surface area (TPSA) is 12.0 Å². The van der Waals surface area contributed by atoms with Gasteiger partial charge in [-0.15, -0.1) is 0 Å². The standard InChI is InChI=1S/C11H17N/c1-4-6-10-9(2)7-5-8-11(10)12-3/h4-6,8-9,12H,7H2,1-3H3/b6-4-. The van der Waals surface area contributed by atoms with Gasteiger partial charge in [-0.2, -0.15) is 0 Å². The van der Waals surface area contributed by atoms with E-state index < -0.39 is 0 Å². The lowest BCUT2D eigenvalue weighted by molar-refractivity contribution is 0.683. The fraction of sp³-hybridized carbons (Fsp3) is 0.455. The van der Waals surface area contributed by atoms with Crippen LogP contribution in [0.5, 0.6) is 0 Å². The Hall–Kier alpha value is -0.980. The molecular weight excluding hydrogens is 146 g/mol. The molecule has 0 aromatic heterocycles. The number of likely N-dealkylation sites (N-methyl/N-ethyl adjacent to an activating group) is 1. The predicted octanol–water partition coefficient (Wildman–Crippen LogP) is 2.63. The van der Waals surface area contributed by atoms with Gasteiger partial charge in [0, 0.05) is 12.7 Å². The zero-order chi connectivity index (χ0) is 8.97. The van der Waals surface area contributed by atoms with Gasteiger partial charge in [0.05, 0.1) is 0 Å². The number of hydrogen-bond acceptors (Lipinski definition) is 1. The van der Waals surface area contributed by atoms with Crippen molar-refractivity contribution in [2.75, 3.05) is 7.05 Å². The summed E-state index contributed by atoms with van der Waals surface area (Å²) in [5.74, 6) is 0.647. The van der Waals surface area contributed by atoms with Crippen LogP contribution in [0.25, 0.3) is 0 Å². The molecule has 0 radical (unpaired) electrons. The zero-order valence-corrected chi connectivity index (χ0v) is 8.09. The third-order valence-electron chi connectivity index (χ3n) is 2.23. The lowest BCUT2D eigenvalue weighted by atomic mass is 9.91. The lowest BCUT2D eigenvalue weighted by Crippen LogP contribution is -2.13. The van der Waals surface area contributed by atoms with E-state index in [1.807, 2.05) is 7.05 Å². The monoisotopic (exact) mass is 163 g/mol. The highest BCUT2D eigenvalue weighted by atomic mass is 14.8. The average molecular weight is 163 g/mol. The van der Waals surface area contributed by atoms with Crippen molar-refractivity contribution in [2.24, 2.45) is 5.92 Å². The maximum absolute atomic E-state index is 3.21. The minimum atomic E-state index is 0.647. The Labute approximate surface area is 74.9 Å². The molecule has 66 valence electrons. The number of nitrogens with one attached hydrogen (secondary N) is 1. The van der Waals surface area contributed by atoms with Crippen molar-refractivity contribution in [3.63, 3.8) is 0 Å². The SMILES string of the molecule is C/C=C\C1=C(NC)C=CCC1C. The van der Waals surface area contributed by atoms with Gasteiger partial charge in [0.15, 0.2) is 0 Å². The van der Waals surface area contributed by atoms with Crippen molar-refractivity contribution in [3.05, 3.63) is 35.6 Å². The van der Waals surface area contributed by atoms with Gasteiger partial charge in [-0.3, -0.25) is 0 Å². The van der Waals surface area contributed by atoms with E-state index >= 15 is 0 Å². The van der Waals surface area contributed by atoms with E-state index in [0.29, 0.717) is 5.92 Å². The Bertz CT molecular complexity index is 233. The minimum absolute atomic E-state index is 0.647. The van der Waals surface area contributed by atoms with Crippen molar-refractivity contribution in [1.82, 2.24) is 5.32 Å². The quantitative estimate of drug-likeness (QED) is 0.660. The van der Waals surface area contributed by atoms with Gasteiger partial charge >= 0.3 is 0 Å². The molecule has 1 N–H and O–H groups in total. The Morgan fingerprint density at radius 1 is 1.58 bits per heavy atom. The van der Waals surface area contributed by atoms with Gasteiger partial charge in [-0.05, 0) is 30.9 Å². The third kappa shape index (κ3) is 1.79. The molecule has 0 amide bonds. The normalized spacial score (nSPS) is 23.8. The second kappa shape index (κ2) is 4.15. The Kier molecular flexibility index (Phi) is 3.15. The maximum Gasteiger partial charge on any atom is 0.0369 e. The largest absolute Gasteiger partial charge is 0.388 e. The van der Waals surface area contributed by atoms with E-state index in [1.165, 1.54) is 11.3 Å². The van der Waals surface area contributed by atoms with Gasteiger partial charge in [0.25, 0.3) is 0 Å². The second-order valence-corrected chi connectivity index (χ2v) is 3.16. The van der Waals surface area contributed by atoms with E-state index in [0.717, 1.165) is 6.42 Å². The summed E-state index contributed by atoms with van der Waals surface area (Å²) in [7, 11) is 1.97. The highest BCUT2D eigenvalue weighted by Gasteiger charge is 2.11. The Morgan fingerprint density at radius 2 is 2.33 bits per heavy atom. The summed E-state index contributed by atoms with van der Waals surface area (Å²) < 4.78 is 0. The Balaban J connectivity index is 2.95. The van der Waals surface area contributed by atoms with Gasteiger partial charge in [0.2, 0.25) is 0 Å². The molecule has 0 aromatic rings. The van der Waals surface area contributed by atoms with Crippen molar-refractivity contribution >= 4 is 0 Å². The molecule has 0 aromatic carbocycles. The van der Waals surface area contributed by atoms with Crippen molar-refractivity contribution in [1.29, 1.82) is 0 Å². The second-order valence-electron chi connectivity index (χ2n) is 3.16. The van der Waals surface area contributed by atoms with E-state index in [2.05, 4.69) is 43.5 Å². The summed E-state index contributed by atoms with van der Waals surface area (Å²) in [4.78, 5) is 0. The van der Waals surface area contributed by atoms with Crippen LogP contribution in [0.4, 0.5) is 0 Å². The molecule has 1 aliphatic carbocycles. The highest BCUT2D eigenvalue weighted by Crippen LogP contribution is 2.24. The summed E-state index contributed by atoms with van der Waals surface area (Å²) in [6.45, 7) is 4.32. The van der Waals surface area contributed by atoms with Crippen LogP contribution in [0.15, 0.2) is 35.6 Å². The third-order valence-corrected chi connectivity index (χ3v) is 2.23. The molecule has 1 nitrogen and oxygen atoms in total. The van der Waals surface area contributed by atoms with Crippen LogP contribution < -0.4 is 5.32 Å². The first-order valence-electron chi connectivity index (χ1n) is 4.50. The van der Waals surface area contributed by atoms with Crippen molar-refractivity contribution in [2.45, 2.75) is 20.3 Å². The predicted molar refractivity (Wildman–Crippen MR) is 53.8 cm³/mol. The van der Waals surface area contributed by atoms with Crippen LogP contribution >= 0.6 is 0 Å². The summed E-state index contributed by atoms with van der Waals surface area (Å²) in [6.07, 6.45) is 9.84. The fourth-order valence-electron chi connectivity index (χ4n) is 1.54. The Morgan fingerprint density at radius 3 is 2.92 bits per heavy atom. The maximum atomic E-state index is 3.21. The van der Waals surface area contributed by atoms with Gasteiger partial charge in [0.1, 0.15) is 0 Å². The molecule has 1 aliphatic rings. The molecule has 0 heterocycles. The summed E-state index contributed by atoms with van der Waals surface area (Å²) in [6, 6.07) is 0. The molecule has 0 bridgehead atoms. The number of hydrogen-bond donors (Lipinski definition) is 1. The van der Waals surface area contributed by atoms with Gasteiger partial charge in [-0.25, -0.2) is 0 Å². The zero-order valence-electron chi connectivity index (χ0n) is 8.09. The van der Waals surface area contributed by atoms with Crippen molar-refractivity contribution in [3.8, 4) is 0 Å². The van der Waals surface area contributed by atoms with E-state index in [9.17, 15) is 0 Å². The van der Waals surface area contributed by atoms with E-state index in [1.54, 1.807) is 0 Å².